The highest BCUT2D eigenvalue weighted by Gasteiger charge is 2.18. The predicted octanol–water partition coefficient (Wildman–Crippen LogP) is 6.16. The van der Waals surface area contributed by atoms with Crippen molar-refractivity contribution in [2.24, 2.45) is 0 Å². The van der Waals surface area contributed by atoms with Gasteiger partial charge in [-0.1, -0.05) is 90.5 Å². The number of aliphatic hydroxyl groups excluding tert-OH is 1. The molecule has 0 bridgehead atoms. The zero-order chi connectivity index (χ0) is 15.7. The third kappa shape index (κ3) is 6.22. The molecule has 0 heterocycles. The molecule has 1 unspecified atom stereocenters. The van der Waals surface area contributed by atoms with Crippen LogP contribution in [0.4, 0.5) is 0 Å². The van der Waals surface area contributed by atoms with E-state index in [2.05, 4.69) is 52.0 Å². The highest BCUT2D eigenvalue weighted by atomic mass is 16.3. The van der Waals surface area contributed by atoms with Gasteiger partial charge in [-0.3, -0.25) is 0 Å². The molecule has 120 valence electrons. The van der Waals surface area contributed by atoms with Gasteiger partial charge in [-0.15, -0.1) is 0 Å². The van der Waals surface area contributed by atoms with Crippen LogP contribution in [0, 0.1) is 0 Å². The molecule has 0 spiro atoms. The second-order valence-corrected chi connectivity index (χ2v) is 6.93. The Kier molecular flexibility index (Phi) is 8.03. The lowest BCUT2D eigenvalue weighted by atomic mass is 9.82. The number of hydrogen-bond acceptors (Lipinski definition) is 1. The van der Waals surface area contributed by atoms with E-state index in [1.54, 1.807) is 0 Å². The number of rotatable bonds is 10. The van der Waals surface area contributed by atoms with Gasteiger partial charge in [0, 0.05) is 0 Å². The third-order valence-electron chi connectivity index (χ3n) is 4.79. The van der Waals surface area contributed by atoms with E-state index >= 15 is 0 Å². The summed E-state index contributed by atoms with van der Waals surface area (Å²) in [5.41, 5.74) is 2.66. The number of aliphatic hydroxyl groups is 1. The Hall–Kier alpha value is -0.820. The fourth-order valence-electron chi connectivity index (χ4n) is 2.65. The van der Waals surface area contributed by atoms with Crippen LogP contribution in [0.25, 0.3) is 0 Å². The molecule has 0 aliphatic rings. The number of unbranched alkanes of at least 4 members (excludes halogenated alkanes) is 5. The molecular weight excluding hydrogens is 256 g/mol. The first-order valence-corrected chi connectivity index (χ1v) is 8.79. The van der Waals surface area contributed by atoms with E-state index in [9.17, 15) is 5.11 Å². The smallest absolute Gasteiger partial charge is 0.0790 e. The minimum Gasteiger partial charge on any atom is -0.388 e. The lowest BCUT2D eigenvalue weighted by molar-refractivity contribution is 0.163. The molecular formula is C20H34O. The van der Waals surface area contributed by atoms with Crippen LogP contribution >= 0.6 is 0 Å². The quantitative estimate of drug-likeness (QED) is 0.512. The minimum atomic E-state index is -0.296. The van der Waals surface area contributed by atoms with Crippen LogP contribution in [0.1, 0.15) is 96.3 Å². The van der Waals surface area contributed by atoms with E-state index < -0.39 is 0 Å². The van der Waals surface area contributed by atoms with Crippen molar-refractivity contribution < 1.29 is 5.11 Å². The summed E-state index contributed by atoms with van der Waals surface area (Å²) in [5, 5.41) is 10.3. The van der Waals surface area contributed by atoms with Crippen molar-refractivity contribution in [3.8, 4) is 0 Å². The Labute approximate surface area is 131 Å². The summed E-state index contributed by atoms with van der Waals surface area (Å²) in [6.07, 6.45) is 9.40. The first-order valence-electron chi connectivity index (χ1n) is 8.79. The van der Waals surface area contributed by atoms with Gasteiger partial charge in [0.1, 0.15) is 0 Å². The second kappa shape index (κ2) is 9.25. The Morgan fingerprint density at radius 1 is 0.905 bits per heavy atom. The van der Waals surface area contributed by atoms with E-state index in [-0.39, 0.29) is 11.5 Å². The van der Waals surface area contributed by atoms with E-state index in [1.807, 2.05) is 0 Å². The van der Waals surface area contributed by atoms with Crippen LogP contribution in [0.5, 0.6) is 0 Å². The van der Waals surface area contributed by atoms with Gasteiger partial charge in [0.05, 0.1) is 6.10 Å². The predicted molar refractivity (Wildman–Crippen MR) is 92.7 cm³/mol. The van der Waals surface area contributed by atoms with Crippen LogP contribution in [-0.2, 0) is 5.41 Å². The van der Waals surface area contributed by atoms with Crippen LogP contribution in [0.15, 0.2) is 24.3 Å². The average molecular weight is 290 g/mol. The Bertz CT molecular complexity index is 377. The molecule has 1 atom stereocenters. The second-order valence-electron chi connectivity index (χ2n) is 6.93. The molecule has 1 nitrogen and oxygen atoms in total. The van der Waals surface area contributed by atoms with E-state index in [0.717, 1.165) is 24.8 Å². The standard InChI is InChI=1S/C20H34O/c1-5-7-8-9-10-11-12-19(21)17-13-15-18(16-14-17)20(3,4)6-2/h13-16,19,21H,5-12H2,1-4H3. The summed E-state index contributed by atoms with van der Waals surface area (Å²) >= 11 is 0. The normalized spacial score (nSPS) is 13.4. The molecule has 0 amide bonds. The fraction of sp³-hybridized carbons (Fsp3) is 0.700. The van der Waals surface area contributed by atoms with Crippen molar-refractivity contribution in [2.75, 3.05) is 0 Å². The zero-order valence-electron chi connectivity index (χ0n) is 14.5. The number of benzene rings is 1. The summed E-state index contributed by atoms with van der Waals surface area (Å²) < 4.78 is 0. The molecule has 0 saturated heterocycles. The van der Waals surface area contributed by atoms with Crippen LogP contribution in [0.2, 0.25) is 0 Å². The van der Waals surface area contributed by atoms with Gasteiger partial charge in [0.15, 0.2) is 0 Å². The average Bonchev–Trinajstić information content (AvgIpc) is 2.50. The first-order chi connectivity index (χ1) is 10.0. The molecule has 1 aromatic rings. The van der Waals surface area contributed by atoms with Crippen molar-refractivity contribution in [3.63, 3.8) is 0 Å². The molecule has 0 aliphatic carbocycles. The molecule has 0 aromatic heterocycles. The summed E-state index contributed by atoms with van der Waals surface area (Å²) in [6.45, 7) is 9.01. The highest BCUT2D eigenvalue weighted by Crippen LogP contribution is 2.28. The topological polar surface area (TPSA) is 20.2 Å². The van der Waals surface area contributed by atoms with Crippen molar-refractivity contribution in [1.29, 1.82) is 0 Å². The lowest BCUT2D eigenvalue weighted by Crippen LogP contribution is -2.15. The fourth-order valence-corrected chi connectivity index (χ4v) is 2.65. The Morgan fingerprint density at radius 2 is 1.48 bits per heavy atom. The van der Waals surface area contributed by atoms with Crippen molar-refractivity contribution in [3.05, 3.63) is 35.4 Å². The van der Waals surface area contributed by atoms with E-state index in [0.29, 0.717) is 0 Å². The Balaban J connectivity index is 2.39. The van der Waals surface area contributed by atoms with Gasteiger partial charge in [-0.05, 0) is 29.4 Å². The highest BCUT2D eigenvalue weighted by molar-refractivity contribution is 5.29. The summed E-state index contributed by atoms with van der Waals surface area (Å²) in [4.78, 5) is 0. The largest absolute Gasteiger partial charge is 0.388 e. The number of hydrogen-bond donors (Lipinski definition) is 1. The van der Waals surface area contributed by atoms with Crippen LogP contribution < -0.4 is 0 Å². The Morgan fingerprint density at radius 3 is 2.05 bits per heavy atom. The molecule has 21 heavy (non-hydrogen) atoms. The first kappa shape index (κ1) is 18.2. The van der Waals surface area contributed by atoms with Crippen molar-refractivity contribution >= 4 is 0 Å². The molecule has 0 fully saturated rings. The maximum atomic E-state index is 10.3. The minimum absolute atomic E-state index is 0.225. The molecule has 1 aromatic carbocycles. The maximum Gasteiger partial charge on any atom is 0.0790 e. The van der Waals surface area contributed by atoms with E-state index in [1.165, 1.54) is 37.7 Å². The maximum absolute atomic E-state index is 10.3. The van der Waals surface area contributed by atoms with Gasteiger partial charge in [0.25, 0.3) is 0 Å². The third-order valence-corrected chi connectivity index (χ3v) is 4.79. The molecule has 0 radical (unpaired) electrons. The van der Waals surface area contributed by atoms with Gasteiger partial charge in [0.2, 0.25) is 0 Å². The van der Waals surface area contributed by atoms with Crippen LogP contribution in [0.3, 0.4) is 0 Å². The molecule has 1 rings (SSSR count). The van der Waals surface area contributed by atoms with Gasteiger partial charge < -0.3 is 5.11 Å². The SMILES string of the molecule is CCCCCCCCC(O)c1ccc(C(C)(C)CC)cc1. The zero-order valence-corrected chi connectivity index (χ0v) is 14.5. The summed E-state index contributed by atoms with van der Waals surface area (Å²) in [6, 6.07) is 8.58. The summed E-state index contributed by atoms with van der Waals surface area (Å²) in [5.74, 6) is 0. The van der Waals surface area contributed by atoms with Crippen LogP contribution in [-0.4, -0.2) is 5.11 Å². The van der Waals surface area contributed by atoms with Crippen molar-refractivity contribution in [1.82, 2.24) is 0 Å². The van der Waals surface area contributed by atoms with Gasteiger partial charge in [-0.2, -0.15) is 0 Å². The van der Waals surface area contributed by atoms with Gasteiger partial charge in [-0.25, -0.2) is 0 Å². The van der Waals surface area contributed by atoms with Crippen molar-refractivity contribution in [2.45, 2.75) is 90.6 Å². The van der Waals surface area contributed by atoms with E-state index in [4.69, 9.17) is 0 Å². The van der Waals surface area contributed by atoms with Gasteiger partial charge >= 0.3 is 0 Å². The monoisotopic (exact) mass is 290 g/mol. The lowest BCUT2D eigenvalue weighted by Gasteiger charge is -2.24. The molecule has 0 saturated carbocycles. The molecule has 1 N–H and O–H groups in total. The molecule has 1 heteroatoms. The summed E-state index contributed by atoms with van der Waals surface area (Å²) in [7, 11) is 0. The molecule has 0 aliphatic heterocycles.